The molecule has 1 rings (SSSR count). The Morgan fingerprint density at radius 1 is 1.50 bits per heavy atom. The van der Waals surface area contributed by atoms with Gasteiger partial charge in [0.05, 0.1) is 6.10 Å². The van der Waals surface area contributed by atoms with Crippen molar-refractivity contribution in [2.45, 2.75) is 13.0 Å². The summed E-state index contributed by atoms with van der Waals surface area (Å²) in [6, 6.07) is 5.15. The van der Waals surface area contributed by atoms with Gasteiger partial charge in [0.1, 0.15) is 5.82 Å². The fourth-order valence-electron chi connectivity index (χ4n) is 1.23. The van der Waals surface area contributed by atoms with Gasteiger partial charge >= 0.3 is 6.03 Å². The van der Waals surface area contributed by atoms with Crippen LogP contribution in [0, 0.1) is 5.82 Å². The molecular weight excluding hydrogens is 211 g/mol. The van der Waals surface area contributed by atoms with Crippen molar-refractivity contribution in [3.05, 3.63) is 30.1 Å². The molecule has 0 heterocycles. The van der Waals surface area contributed by atoms with E-state index < -0.39 is 6.10 Å². The van der Waals surface area contributed by atoms with Crippen LogP contribution in [-0.2, 0) is 0 Å². The van der Waals surface area contributed by atoms with Crippen LogP contribution in [0.5, 0.6) is 0 Å². The Morgan fingerprint density at radius 2 is 2.06 bits per heavy atom. The lowest BCUT2D eigenvalue weighted by Crippen LogP contribution is -2.36. The van der Waals surface area contributed by atoms with Gasteiger partial charge in [0.25, 0.3) is 0 Å². The summed E-state index contributed by atoms with van der Waals surface area (Å²) in [5.41, 5.74) is 0.517. The summed E-state index contributed by atoms with van der Waals surface area (Å²) in [7, 11) is 1.57. The van der Waals surface area contributed by atoms with E-state index in [0.29, 0.717) is 5.69 Å². The van der Waals surface area contributed by atoms with Crippen molar-refractivity contribution in [2.24, 2.45) is 0 Å². The van der Waals surface area contributed by atoms with E-state index in [1.165, 1.54) is 29.2 Å². The van der Waals surface area contributed by atoms with E-state index in [2.05, 4.69) is 5.32 Å². The first-order valence-electron chi connectivity index (χ1n) is 4.95. The summed E-state index contributed by atoms with van der Waals surface area (Å²) in [4.78, 5) is 12.9. The Bertz CT molecular complexity index is 352. The van der Waals surface area contributed by atoms with Crippen molar-refractivity contribution in [3.8, 4) is 0 Å². The summed E-state index contributed by atoms with van der Waals surface area (Å²) in [6.07, 6.45) is -0.580. The second-order valence-electron chi connectivity index (χ2n) is 3.67. The largest absolute Gasteiger partial charge is 0.392 e. The van der Waals surface area contributed by atoms with Crippen molar-refractivity contribution in [3.63, 3.8) is 0 Å². The van der Waals surface area contributed by atoms with Gasteiger partial charge in [0, 0.05) is 19.3 Å². The Labute approximate surface area is 93.7 Å². The van der Waals surface area contributed by atoms with Crippen LogP contribution in [0.15, 0.2) is 24.3 Å². The number of hydrogen-bond donors (Lipinski definition) is 2. The van der Waals surface area contributed by atoms with Crippen LogP contribution in [0.1, 0.15) is 6.92 Å². The van der Waals surface area contributed by atoms with E-state index in [4.69, 9.17) is 5.11 Å². The molecule has 0 aliphatic rings. The minimum Gasteiger partial charge on any atom is -0.392 e. The molecule has 0 saturated heterocycles. The minimum absolute atomic E-state index is 0.243. The second kappa shape index (κ2) is 5.46. The standard InChI is InChI=1S/C11H15FN2O2/c1-8(15)7-14(2)11(16)13-10-5-3-9(12)4-6-10/h3-6,8,15H,7H2,1-2H3,(H,13,16)/t8-/m0/s1. The third-order valence-corrected chi connectivity index (χ3v) is 1.98. The number of aliphatic hydroxyl groups excluding tert-OH is 1. The van der Waals surface area contributed by atoms with Crippen LogP contribution in [-0.4, -0.2) is 35.7 Å². The first kappa shape index (κ1) is 12.4. The molecule has 2 amide bonds. The molecule has 5 heteroatoms. The van der Waals surface area contributed by atoms with Crippen LogP contribution in [0.4, 0.5) is 14.9 Å². The van der Waals surface area contributed by atoms with E-state index in [1.807, 2.05) is 0 Å². The number of nitrogens with zero attached hydrogens (tertiary/aromatic N) is 1. The minimum atomic E-state index is -0.580. The molecule has 16 heavy (non-hydrogen) atoms. The van der Waals surface area contributed by atoms with Gasteiger partial charge in [-0.2, -0.15) is 0 Å². The number of anilines is 1. The fraction of sp³-hybridized carbons (Fsp3) is 0.364. The van der Waals surface area contributed by atoms with Gasteiger partial charge < -0.3 is 15.3 Å². The maximum Gasteiger partial charge on any atom is 0.321 e. The lowest BCUT2D eigenvalue weighted by Gasteiger charge is -2.19. The van der Waals surface area contributed by atoms with E-state index in [1.54, 1.807) is 14.0 Å². The Hall–Kier alpha value is -1.62. The molecule has 0 bridgehead atoms. The third kappa shape index (κ3) is 3.86. The zero-order valence-corrected chi connectivity index (χ0v) is 9.27. The number of aliphatic hydroxyl groups is 1. The number of urea groups is 1. The van der Waals surface area contributed by atoms with Crippen molar-refractivity contribution < 1.29 is 14.3 Å². The molecule has 0 saturated carbocycles. The Morgan fingerprint density at radius 3 is 2.56 bits per heavy atom. The molecule has 1 aromatic rings. The second-order valence-corrected chi connectivity index (χ2v) is 3.67. The Balaban J connectivity index is 2.54. The molecule has 88 valence electrons. The average molecular weight is 226 g/mol. The van der Waals surface area contributed by atoms with Gasteiger partial charge in [-0.1, -0.05) is 0 Å². The predicted octanol–water partition coefficient (Wildman–Crippen LogP) is 1.67. The highest BCUT2D eigenvalue weighted by molar-refractivity contribution is 5.89. The molecule has 1 atom stereocenters. The highest BCUT2D eigenvalue weighted by atomic mass is 19.1. The zero-order chi connectivity index (χ0) is 12.1. The number of nitrogens with one attached hydrogen (secondary N) is 1. The van der Waals surface area contributed by atoms with E-state index in [-0.39, 0.29) is 18.4 Å². The normalized spacial score (nSPS) is 12.0. The molecule has 0 fully saturated rings. The molecule has 0 unspecified atom stereocenters. The molecule has 0 spiro atoms. The lowest BCUT2D eigenvalue weighted by atomic mass is 10.3. The van der Waals surface area contributed by atoms with E-state index in [0.717, 1.165) is 0 Å². The lowest BCUT2D eigenvalue weighted by molar-refractivity contribution is 0.149. The van der Waals surface area contributed by atoms with Gasteiger partial charge in [-0.3, -0.25) is 0 Å². The molecule has 1 aromatic carbocycles. The van der Waals surface area contributed by atoms with Crippen molar-refractivity contribution in [2.75, 3.05) is 18.9 Å². The predicted molar refractivity (Wildman–Crippen MR) is 59.7 cm³/mol. The topological polar surface area (TPSA) is 52.6 Å². The smallest absolute Gasteiger partial charge is 0.321 e. The van der Waals surface area contributed by atoms with Gasteiger partial charge in [0.15, 0.2) is 0 Å². The van der Waals surface area contributed by atoms with Gasteiger partial charge in [-0.25, -0.2) is 9.18 Å². The number of amides is 2. The monoisotopic (exact) mass is 226 g/mol. The van der Waals surface area contributed by atoms with Crippen molar-refractivity contribution in [1.82, 2.24) is 4.90 Å². The number of carbonyl (C=O) groups is 1. The Kier molecular flexibility index (Phi) is 4.25. The van der Waals surface area contributed by atoms with Crippen LogP contribution < -0.4 is 5.32 Å². The molecule has 0 aliphatic carbocycles. The van der Waals surface area contributed by atoms with Crippen LogP contribution >= 0.6 is 0 Å². The van der Waals surface area contributed by atoms with E-state index in [9.17, 15) is 9.18 Å². The van der Waals surface area contributed by atoms with Gasteiger partial charge in [-0.15, -0.1) is 0 Å². The first-order valence-corrected chi connectivity index (χ1v) is 4.95. The van der Waals surface area contributed by atoms with Gasteiger partial charge in [0.2, 0.25) is 0 Å². The first-order chi connectivity index (χ1) is 7.49. The van der Waals surface area contributed by atoms with Gasteiger partial charge in [-0.05, 0) is 31.2 Å². The SMILES string of the molecule is C[C@H](O)CN(C)C(=O)Nc1ccc(F)cc1. The molecule has 4 nitrogen and oxygen atoms in total. The third-order valence-electron chi connectivity index (χ3n) is 1.98. The number of rotatable bonds is 3. The molecule has 2 N–H and O–H groups in total. The summed E-state index contributed by atoms with van der Waals surface area (Å²) in [6.45, 7) is 1.84. The van der Waals surface area contributed by atoms with E-state index >= 15 is 0 Å². The van der Waals surface area contributed by atoms with Crippen LogP contribution in [0.3, 0.4) is 0 Å². The number of carbonyl (C=O) groups excluding carboxylic acids is 1. The summed E-state index contributed by atoms with van der Waals surface area (Å²) >= 11 is 0. The van der Waals surface area contributed by atoms with Crippen LogP contribution in [0.2, 0.25) is 0 Å². The molecule has 0 aliphatic heterocycles. The summed E-state index contributed by atoms with van der Waals surface area (Å²) in [5.74, 6) is -0.352. The molecule has 0 aromatic heterocycles. The number of benzene rings is 1. The summed E-state index contributed by atoms with van der Waals surface area (Å²) in [5, 5.41) is 11.7. The maximum absolute atomic E-state index is 12.6. The van der Waals surface area contributed by atoms with Crippen molar-refractivity contribution >= 4 is 11.7 Å². The van der Waals surface area contributed by atoms with Crippen LogP contribution in [0.25, 0.3) is 0 Å². The average Bonchev–Trinajstić information content (AvgIpc) is 2.20. The summed E-state index contributed by atoms with van der Waals surface area (Å²) < 4.78 is 12.6. The number of likely N-dealkylation sites (N-methyl/N-ethyl adjacent to an activating group) is 1. The maximum atomic E-state index is 12.6. The quantitative estimate of drug-likeness (QED) is 0.823. The number of halogens is 1. The molecule has 0 radical (unpaired) electrons. The highest BCUT2D eigenvalue weighted by Gasteiger charge is 2.10. The highest BCUT2D eigenvalue weighted by Crippen LogP contribution is 2.08. The fourth-order valence-corrected chi connectivity index (χ4v) is 1.23. The van der Waals surface area contributed by atoms with Crippen molar-refractivity contribution in [1.29, 1.82) is 0 Å². The number of hydrogen-bond acceptors (Lipinski definition) is 2. The zero-order valence-electron chi connectivity index (χ0n) is 9.27. The molecular formula is C11H15FN2O2.